The molecule has 0 aliphatic heterocycles. The van der Waals surface area contributed by atoms with Gasteiger partial charge in [-0.25, -0.2) is 4.79 Å². The molecule has 0 spiro atoms. The Labute approximate surface area is 107 Å². The van der Waals surface area contributed by atoms with Crippen LogP contribution in [-0.2, 0) is 4.74 Å². The Morgan fingerprint density at radius 3 is 2.83 bits per heavy atom. The fourth-order valence-corrected chi connectivity index (χ4v) is 2.20. The van der Waals surface area contributed by atoms with Gasteiger partial charge in [0.15, 0.2) is 0 Å². The molecule has 2 rings (SSSR count). The van der Waals surface area contributed by atoms with Crippen LogP contribution in [-0.4, -0.2) is 17.3 Å². The van der Waals surface area contributed by atoms with E-state index in [1.54, 1.807) is 10.8 Å². The number of fused-ring (bicyclic) bond motifs is 1. The number of hydrogen-bond donors (Lipinski definition) is 0. The summed E-state index contributed by atoms with van der Waals surface area (Å²) in [6.07, 6.45) is 3.43. The third-order valence-corrected chi connectivity index (χ3v) is 3.04. The molecule has 0 N–H and O–H groups in total. The molecule has 0 bridgehead atoms. The van der Waals surface area contributed by atoms with E-state index in [0.29, 0.717) is 6.61 Å². The Hall–Kier alpha value is -1.77. The molecular weight excluding hydrogens is 226 g/mol. The predicted molar refractivity (Wildman–Crippen MR) is 73.1 cm³/mol. The van der Waals surface area contributed by atoms with Crippen molar-refractivity contribution >= 4 is 17.0 Å². The highest BCUT2D eigenvalue weighted by Gasteiger charge is 2.11. The lowest BCUT2D eigenvalue weighted by atomic mass is 10.1. The first-order valence-electron chi connectivity index (χ1n) is 6.39. The van der Waals surface area contributed by atoms with Crippen LogP contribution in [0.2, 0.25) is 0 Å². The van der Waals surface area contributed by atoms with Crippen LogP contribution in [0.4, 0.5) is 4.79 Å². The van der Waals surface area contributed by atoms with Gasteiger partial charge >= 0.3 is 6.09 Å². The van der Waals surface area contributed by atoms with Gasteiger partial charge in [-0.2, -0.15) is 0 Å². The summed E-state index contributed by atoms with van der Waals surface area (Å²) in [7, 11) is 0. The number of hydrogen-bond acceptors (Lipinski definition) is 2. The molecular formula is C15H19NO2. The average Bonchev–Trinajstić information content (AvgIpc) is 2.73. The van der Waals surface area contributed by atoms with Crippen LogP contribution < -0.4 is 0 Å². The molecule has 2 aromatic rings. The molecule has 18 heavy (non-hydrogen) atoms. The highest BCUT2D eigenvalue weighted by Crippen LogP contribution is 2.22. The van der Waals surface area contributed by atoms with Crippen LogP contribution in [0.1, 0.15) is 30.9 Å². The van der Waals surface area contributed by atoms with Crippen molar-refractivity contribution in [2.75, 3.05) is 6.61 Å². The molecule has 0 atom stereocenters. The first-order chi connectivity index (χ1) is 8.63. The summed E-state index contributed by atoms with van der Waals surface area (Å²) < 4.78 is 6.84. The Morgan fingerprint density at radius 1 is 1.33 bits per heavy atom. The van der Waals surface area contributed by atoms with Crippen LogP contribution >= 0.6 is 0 Å². The summed E-state index contributed by atoms with van der Waals surface area (Å²) in [6, 6.07) is 6.12. The lowest BCUT2D eigenvalue weighted by Crippen LogP contribution is -2.13. The van der Waals surface area contributed by atoms with Gasteiger partial charge in [0.1, 0.15) is 0 Å². The SMILES string of the molecule is CCCCOC(=O)n1ccc2cc(C)cc(C)c21. The number of nitrogens with zero attached hydrogens (tertiary/aromatic N) is 1. The molecule has 0 saturated heterocycles. The monoisotopic (exact) mass is 245 g/mol. The van der Waals surface area contributed by atoms with Gasteiger partial charge < -0.3 is 4.74 Å². The molecule has 1 heterocycles. The second kappa shape index (κ2) is 5.25. The van der Waals surface area contributed by atoms with Gasteiger partial charge in [-0.3, -0.25) is 4.57 Å². The Morgan fingerprint density at radius 2 is 2.11 bits per heavy atom. The predicted octanol–water partition coefficient (Wildman–Crippen LogP) is 4.04. The van der Waals surface area contributed by atoms with E-state index in [-0.39, 0.29) is 6.09 Å². The van der Waals surface area contributed by atoms with E-state index in [1.807, 2.05) is 13.0 Å². The van der Waals surface area contributed by atoms with E-state index in [2.05, 4.69) is 26.0 Å². The fourth-order valence-electron chi connectivity index (χ4n) is 2.20. The maximum absolute atomic E-state index is 12.0. The Kier molecular flexibility index (Phi) is 3.70. The molecule has 0 aliphatic rings. The highest BCUT2D eigenvalue weighted by molar-refractivity contribution is 5.91. The van der Waals surface area contributed by atoms with Crippen LogP contribution in [0.25, 0.3) is 10.9 Å². The summed E-state index contributed by atoms with van der Waals surface area (Å²) in [5.41, 5.74) is 3.25. The molecule has 0 radical (unpaired) electrons. The molecule has 0 amide bonds. The summed E-state index contributed by atoms with van der Waals surface area (Å²) in [4.78, 5) is 12.0. The van der Waals surface area contributed by atoms with Crippen molar-refractivity contribution in [2.45, 2.75) is 33.6 Å². The van der Waals surface area contributed by atoms with Crippen molar-refractivity contribution in [2.24, 2.45) is 0 Å². The number of carbonyl (C=O) groups is 1. The van der Waals surface area contributed by atoms with Gasteiger partial charge in [0, 0.05) is 11.6 Å². The molecule has 3 nitrogen and oxygen atoms in total. The minimum atomic E-state index is -0.287. The van der Waals surface area contributed by atoms with Crippen molar-refractivity contribution in [3.05, 3.63) is 35.5 Å². The average molecular weight is 245 g/mol. The van der Waals surface area contributed by atoms with Crippen LogP contribution in [0.5, 0.6) is 0 Å². The minimum Gasteiger partial charge on any atom is -0.449 e. The largest absolute Gasteiger partial charge is 0.449 e. The number of benzene rings is 1. The van der Waals surface area contributed by atoms with Gasteiger partial charge in [-0.05, 0) is 38.0 Å². The first-order valence-corrected chi connectivity index (χ1v) is 6.39. The van der Waals surface area contributed by atoms with E-state index in [4.69, 9.17) is 4.74 Å². The van der Waals surface area contributed by atoms with E-state index < -0.39 is 0 Å². The maximum Gasteiger partial charge on any atom is 0.418 e. The van der Waals surface area contributed by atoms with Gasteiger partial charge in [-0.15, -0.1) is 0 Å². The van der Waals surface area contributed by atoms with Crippen molar-refractivity contribution in [3.8, 4) is 0 Å². The Balaban J connectivity index is 2.31. The summed E-state index contributed by atoms with van der Waals surface area (Å²) in [6.45, 7) is 6.64. The zero-order valence-corrected chi connectivity index (χ0v) is 11.2. The van der Waals surface area contributed by atoms with Crippen LogP contribution in [0.3, 0.4) is 0 Å². The van der Waals surface area contributed by atoms with Gasteiger partial charge in [0.05, 0.1) is 12.1 Å². The molecule has 0 saturated carbocycles. The molecule has 1 aromatic heterocycles. The number of ether oxygens (including phenoxy) is 1. The third-order valence-electron chi connectivity index (χ3n) is 3.04. The zero-order chi connectivity index (χ0) is 13.1. The highest BCUT2D eigenvalue weighted by atomic mass is 16.5. The lowest BCUT2D eigenvalue weighted by molar-refractivity contribution is 0.147. The summed E-state index contributed by atoms with van der Waals surface area (Å²) in [5, 5.41) is 1.08. The molecule has 96 valence electrons. The smallest absolute Gasteiger partial charge is 0.418 e. The molecule has 0 unspecified atom stereocenters. The molecule has 1 aromatic carbocycles. The molecule has 0 fully saturated rings. The minimum absolute atomic E-state index is 0.287. The maximum atomic E-state index is 12.0. The zero-order valence-electron chi connectivity index (χ0n) is 11.2. The van der Waals surface area contributed by atoms with E-state index in [9.17, 15) is 4.79 Å². The third kappa shape index (κ3) is 2.40. The topological polar surface area (TPSA) is 31.2 Å². The molecule has 3 heteroatoms. The summed E-state index contributed by atoms with van der Waals surface area (Å²) >= 11 is 0. The van der Waals surface area contributed by atoms with Crippen molar-refractivity contribution in [1.82, 2.24) is 4.57 Å². The summed E-state index contributed by atoms with van der Waals surface area (Å²) in [5.74, 6) is 0. The Bertz CT molecular complexity index is 569. The van der Waals surface area contributed by atoms with Crippen molar-refractivity contribution in [3.63, 3.8) is 0 Å². The van der Waals surface area contributed by atoms with E-state index >= 15 is 0 Å². The lowest BCUT2D eigenvalue weighted by Gasteiger charge is -2.08. The number of carbonyl (C=O) groups excluding carboxylic acids is 1. The van der Waals surface area contributed by atoms with Crippen molar-refractivity contribution in [1.29, 1.82) is 0 Å². The second-order valence-corrected chi connectivity index (χ2v) is 4.67. The van der Waals surface area contributed by atoms with Crippen LogP contribution in [0, 0.1) is 13.8 Å². The van der Waals surface area contributed by atoms with E-state index in [0.717, 1.165) is 29.3 Å². The second-order valence-electron chi connectivity index (χ2n) is 4.67. The van der Waals surface area contributed by atoms with E-state index in [1.165, 1.54) is 5.56 Å². The van der Waals surface area contributed by atoms with Gasteiger partial charge in [0.25, 0.3) is 0 Å². The number of aryl methyl sites for hydroxylation is 2. The quantitative estimate of drug-likeness (QED) is 0.764. The van der Waals surface area contributed by atoms with Gasteiger partial charge in [-0.1, -0.05) is 25.0 Å². The molecule has 0 aliphatic carbocycles. The van der Waals surface area contributed by atoms with Crippen molar-refractivity contribution < 1.29 is 9.53 Å². The number of rotatable bonds is 3. The standard InChI is InChI=1S/C15H19NO2/c1-4-5-8-18-15(17)16-7-6-13-10-11(2)9-12(3)14(13)16/h6-7,9-10H,4-5,8H2,1-3H3. The normalized spacial score (nSPS) is 10.8. The fraction of sp³-hybridized carbons (Fsp3) is 0.400. The number of aromatic nitrogens is 1. The van der Waals surface area contributed by atoms with Gasteiger partial charge in [0.2, 0.25) is 0 Å². The first kappa shape index (κ1) is 12.7. The van der Waals surface area contributed by atoms with Crippen LogP contribution in [0.15, 0.2) is 24.4 Å². The number of unbranched alkanes of at least 4 members (excludes halogenated alkanes) is 1.